The maximum absolute atomic E-state index is 10.4. The summed E-state index contributed by atoms with van der Waals surface area (Å²) in [5, 5.41) is 81.0. The molecule has 2 saturated heterocycles. The molecule has 2 aliphatic heterocycles. The van der Waals surface area contributed by atoms with Crippen LogP contribution in [0.4, 0.5) is 0 Å². The Morgan fingerprint density at radius 2 is 0.844 bits per heavy atom. The third-order valence-electron chi connectivity index (χ3n) is 11.7. The first kappa shape index (κ1) is 48.5. The van der Waals surface area contributed by atoms with Gasteiger partial charge in [-0.1, -0.05) is 71.7 Å². The summed E-state index contributed by atoms with van der Waals surface area (Å²) < 4.78 is 33.9. The van der Waals surface area contributed by atoms with Crippen LogP contribution >= 0.6 is 23.2 Å². The lowest BCUT2D eigenvalue weighted by atomic mass is 9.90. The Morgan fingerprint density at radius 1 is 0.469 bits per heavy atom. The second kappa shape index (κ2) is 22.9. The number of halogens is 2. The lowest BCUT2D eigenvalue weighted by Crippen LogP contribution is -2.55. The van der Waals surface area contributed by atoms with Crippen molar-refractivity contribution in [2.24, 2.45) is 0 Å². The molecule has 0 spiro atoms. The molecule has 4 aliphatic rings. The summed E-state index contributed by atoms with van der Waals surface area (Å²) in [7, 11) is 0. The number of ether oxygens (including phenoxy) is 6. The minimum atomic E-state index is -1.42. The summed E-state index contributed by atoms with van der Waals surface area (Å²) in [5.41, 5.74) is 4.92. The van der Waals surface area contributed by atoms with Gasteiger partial charge in [0.05, 0.1) is 38.6 Å². The van der Waals surface area contributed by atoms with E-state index in [1.54, 1.807) is 24.3 Å². The second-order valence-electron chi connectivity index (χ2n) is 16.7. The quantitative estimate of drug-likeness (QED) is 0.0663. The predicted octanol–water partition coefficient (Wildman–Crippen LogP) is 4.01. The molecule has 16 heteroatoms. The monoisotopic (exact) mass is 928 g/mol. The third kappa shape index (κ3) is 12.9. The number of aliphatic hydroxyl groups is 8. The van der Waals surface area contributed by atoms with Gasteiger partial charge in [0, 0.05) is 10.0 Å². The van der Waals surface area contributed by atoms with Gasteiger partial charge in [0.1, 0.15) is 85.8 Å². The molecule has 8 rings (SSSR count). The standard InChI is InChI=1S/2C24H29ClO7/c2*25-19-8-3-15(24-23(29)22(28)21(27)20(13-26)32-24)12-16(19)11-14-1-4-17(5-2-14)30-9-10-31-18-6-7-18/h2*1-5,8,12,18,20-24,26-29H,6-7,9-11,13H2/t2*20-,21-,22+,23-,24+/m11/s1. The van der Waals surface area contributed by atoms with Crippen LogP contribution in [0.15, 0.2) is 84.9 Å². The Labute approximate surface area is 382 Å². The van der Waals surface area contributed by atoms with Crippen molar-refractivity contribution in [3.8, 4) is 11.5 Å². The second-order valence-corrected chi connectivity index (χ2v) is 17.5. The summed E-state index contributed by atoms with van der Waals surface area (Å²) in [6.45, 7) is 1.28. The Bertz CT molecular complexity index is 1920. The van der Waals surface area contributed by atoms with Crippen LogP contribution in [0.3, 0.4) is 0 Å². The molecule has 14 nitrogen and oxygen atoms in total. The molecule has 4 aromatic rings. The van der Waals surface area contributed by atoms with E-state index in [9.17, 15) is 40.9 Å². The van der Waals surface area contributed by atoms with Crippen LogP contribution in [0.2, 0.25) is 10.0 Å². The molecule has 0 amide bonds. The molecule has 2 saturated carbocycles. The van der Waals surface area contributed by atoms with Crippen LogP contribution in [0, 0.1) is 0 Å². The molecule has 10 atom stereocenters. The Balaban J connectivity index is 0.000000191. The summed E-state index contributed by atoms with van der Waals surface area (Å²) in [4.78, 5) is 0. The van der Waals surface area contributed by atoms with Gasteiger partial charge in [0.25, 0.3) is 0 Å². The molecule has 0 unspecified atom stereocenters. The van der Waals surface area contributed by atoms with E-state index in [0.717, 1.165) is 59.4 Å². The van der Waals surface area contributed by atoms with Gasteiger partial charge in [-0.2, -0.15) is 0 Å². The highest BCUT2D eigenvalue weighted by molar-refractivity contribution is 6.31. The largest absolute Gasteiger partial charge is 0.491 e. The molecule has 4 aromatic carbocycles. The van der Waals surface area contributed by atoms with E-state index in [1.807, 2.05) is 60.7 Å². The minimum Gasteiger partial charge on any atom is -0.491 e. The molecule has 348 valence electrons. The topological polar surface area (TPSA) is 217 Å². The van der Waals surface area contributed by atoms with E-state index < -0.39 is 74.3 Å². The molecule has 8 N–H and O–H groups in total. The van der Waals surface area contributed by atoms with E-state index >= 15 is 0 Å². The van der Waals surface area contributed by atoms with Crippen molar-refractivity contribution in [1.82, 2.24) is 0 Å². The predicted molar refractivity (Wildman–Crippen MR) is 236 cm³/mol. The average Bonchev–Trinajstić information content (AvgIpc) is 4.26. The van der Waals surface area contributed by atoms with Crippen LogP contribution in [-0.2, 0) is 31.8 Å². The summed E-state index contributed by atoms with van der Waals surface area (Å²) in [6, 6.07) is 26.0. The van der Waals surface area contributed by atoms with Gasteiger partial charge in [0.2, 0.25) is 0 Å². The van der Waals surface area contributed by atoms with Crippen molar-refractivity contribution in [2.45, 2.75) is 112 Å². The number of hydrogen-bond acceptors (Lipinski definition) is 14. The van der Waals surface area contributed by atoms with Crippen molar-refractivity contribution in [3.05, 3.63) is 128 Å². The number of hydrogen-bond donors (Lipinski definition) is 8. The first-order valence-corrected chi connectivity index (χ1v) is 22.5. The van der Waals surface area contributed by atoms with Gasteiger partial charge in [-0.3, -0.25) is 0 Å². The maximum Gasteiger partial charge on any atom is 0.119 e. The molecule has 0 aromatic heterocycles. The molecule has 64 heavy (non-hydrogen) atoms. The average molecular weight is 930 g/mol. The van der Waals surface area contributed by atoms with Crippen LogP contribution in [0.5, 0.6) is 11.5 Å². The third-order valence-corrected chi connectivity index (χ3v) is 12.4. The SMILES string of the molecule is OC[C@H]1O[C@@H](c2ccc(Cl)c(Cc3ccc(OCCOC4CC4)cc3)c2)[C@H](O)[C@@H](O)[C@@H]1O.OC[C@H]1O[C@@H](c2ccc(Cl)c(Cc3ccc(OCCOC4CC4)cc3)c2)[C@H](O)[C@@H](O)[C@@H]1O. The molecule has 4 fully saturated rings. The summed E-state index contributed by atoms with van der Waals surface area (Å²) >= 11 is 12.8. The number of aliphatic hydroxyl groups excluding tert-OH is 8. The molecule has 2 aliphatic carbocycles. The lowest BCUT2D eigenvalue weighted by Gasteiger charge is -2.40. The highest BCUT2D eigenvalue weighted by Gasteiger charge is 2.45. The molecular weight excluding hydrogens is 871 g/mol. The van der Waals surface area contributed by atoms with Crippen molar-refractivity contribution in [3.63, 3.8) is 0 Å². The zero-order chi connectivity index (χ0) is 45.3. The molecule has 2 heterocycles. The van der Waals surface area contributed by atoms with E-state index in [0.29, 0.717) is 72.6 Å². The normalized spacial score (nSPS) is 28.0. The van der Waals surface area contributed by atoms with Gasteiger partial charge in [-0.05, 0) is 108 Å². The zero-order valence-electron chi connectivity index (χ0n) is 35.3. The molecular formula is C48H58Cl2O14. The fraction of sp³-hybridized carbons (Fsp3) is 0.500. The van der Waals surface area contributed by atoms with Crippen molar-refractivity contribution >= 4 is 23.2 Å². The minimum absolute atomic E-state index is 0.421. The van der Waals surface area contributed by atoms with E-state index in [-0.39, 0.29) is 0 Å². The highest BCUT2D eigenvalue weighted by atomic mass is 35.5. The van der Waals surface area contributed by atoms with Crippen molar-refractivity contribution in [2.75, 3.05) is 39.6 Å². The highest BCUT2D eigenvalue weighted by Crippen LogP contribution is 2.36. The van der Waals surface area contributed by atoms with Crippen LogP contribution < -0.4 is 9.47 Å². The smallest absolute Gasteiger partial charge is 0.119 e. The molecule has 0 radical (unpaired) electrons. The Kier molecular flexibility index (Phi) is 17.3. The summed E-state index contributed by atoms with van der Waals surface area (Å²) in [5.74, 6) is 1.55. The number of benzene rings is 4. The van der Waals surface area contributed by atoms with Crippen LogP contribution in [0.1, 0.15) is 71.3 Å². The van der Waals surface area contributed by atoms with Gasteiger partial charge in [0.15, 0.2) is 0 Å². The van der Waals surface area contributed by atoms with Gasteiger partial charge < -0.3 is 69.3 Å². The number of rotatable bonds is 18. The maximum atomic E-state index is 10.4. The fourth-order valence-electron chi connectivity index (χ4n) is 7.63. The van der Waals surface area contributed by atoms with E-state index in [2.05, 4.69) is 0 Å². The summed E-state index contributed by atoms with van der Waals surface area (Å²) in [6.07, 6.45) is -5.46. The van der Waals surface area contributed by atoms with Crippen LogP contribution in [-0.4, -0.2) is 142 Å². The van der Waals surface area contributed by atoms with Crippen LogP contribution in [0.25, 0.3) is 0 Å². The van der Waals surface area contributed by atoms with E-state index in [1.165, 1.54) is 0 Å². The first-order chi connectivity index (χ1) is 30.9. The van der Waals surface area contributed by atoms with Gasteiger partial charge in [-0.25, -0.2) is 0 Å². The van der Waals surface area contributed by atoms with E-state index in [4.69, 9.17) is 51.6 Å². The van der Waals surface area contributed by atoms with Crippen molar-refractivity contribution in [1.29, 1.82) is 0 Å². The van der Waals surface area contributed by atoms with Gasteiger partial charge >= 0.3 is 0 Å². The zero-order valence-corrected chi connectivity index (χ0v) is 36.8. The van der Waals surface area contributed by atoms with Crippen molar-refractivity contribution < 1.29 is 69.3 Å². The first-order valence-electron chi connectivity index (χ1n) is 21.8. The Morgan fingerprint density at radius 3 is 1.19 bits per heavy atom. The fourth-order valence-corrected chi connectivity index (χ4v) is 8.00. The van der Waals surface area contributed by atoms with Gasteiger partial charge in [-0.15, -0.1) is 0 Å². The molecule has 0 bridgehead atoms. The Hall–Kier alpha value is -3.42. The lowest BCUT2D eigenvalue weighted by molar-refractivity contribution is -0.231.